The summed E-state index contributed by atoms with van der Waals surface area (Å²) in [5.74, 6) is 0.189. The molecule has 0 heterocycles. The first-order valence-electron chi connectivity index (χ1n) is 10.0. The van der Waals surface area contributed by atoms with Crippen LogP contribution in [0.2, 0.25) is 0 Å². The fourth-order valence-corrected chi connectivity index (χ4v) is 4.27. The lowest BCUT2D eigenvalue weighted by Crippen LogP contribution is -2.41. The maximum Gasteiger partial charge on any atom is 0.262 e. The lowest BCUT2D eigenvalue weighted by molar-refractivity contribution is -0.118. The average molecular weight is 368 g/mol. The Morgan fingerprint density at radius 3 is 2.25 bits per heavy atom. The van der Waals surface area contributed by atoms with Crippen molar-refractivity contribution >= 4 is 33.5 Å². The van der Waals surface area contributed by atoms with E-state index in [4.69, 9.17) is 0 Å². The van der Waals surface area contributed by atoms with Gasteiger partial charge in [-0.15, -0.1) is 0 Å². The van der Waals surface area contributed by atoms with Crippen molar-refractivity contribution in [2.75, 3.05) is 0 Å². The van der Waals surface area contributed by atoms with Crippen molar-refractivity contribution in [3.63, 3.8) is 0 Å². The molecule has 0 radical (unpaired) electrons. The van der Waals surface area contributed by atoms with Crippen molar-refractivity contribution in [3.05, 3.63) is 65.7 Å². The first-order chi connectivity index (χ1) is 13.7. The summed E-state index contributed by atoms with van der Waals surface area (Å²) in [6, 6.07) is 20.7. The van der Waals surface area contributed by atoms with E-state index in [1.165, 1.54) is 6.42 Å². The predicted molar refractivity (Wildman–Crippen MR) is 115 cm³/mol. The number of hydrogen-bond donors (Lipinski definition) is 1. The van der Waals surface area contributed by atoms with Gasteiger partial charge in [0.15, 0.2) is 0 Å². The minimum Gasteiger partial charge on any atom is -0.348 e. The molecule has 0 unspecified atom stereocenters. The molecule has 3 heteroatoms. The number of nitrogens with zero attached hydrogens (tertiary/aromatic N) is 1. The maximum atomic E-state index is 12.9. The zero-order valence-corrected chi connectivity index (χ0v) is 16.1. The molecule has 3 aromatic carbocycles. The van der Waals surface area contributed by atoms with Gasteiger partial charge in [-0.05, 0) is 58.0 Å². The standard InChI is InChI=1S/C25H24N2O/c1-17-8-2-7-13-24(17)27-25(28)20(16-26)15-23-21-11-5-3-9-18(21)14-19-10-4-6-12-22(19)23/h3-6,9-12,14-15,17,24H,2,7-8,13H2,1H3,(H,27,28)/b20-15+/t17-,24+/m0/s1. The molecule has 1 aliphatic carbocycles. The van der Waals surface area contributed by atoms with Crippen LogP contribution in [0.4, 0.5) is 0 Å². The molecule has 1 amide bonds. The number of carbonyl (C=O) groups is 1. The topological polar surface area (TPSA) is 52.9 Å². The maximum absolute atomic E-state index is 12.9. The van der Waals surface area contributed by atoms with Crippen molar-refractivity contribution in [2.45, 2.75) is 38.6 Å². The Kier molecular flexibility index (Phi) is 5.12. The average Bonchev–Trinajstić information content (AvgIpc) is 2.72. The molecule has 28 heavy (non-hydrogen) atoms. The third-order valence-electron chi connectivity index (χ3n) is 5.89. The number of nitrogens with one attached hydrogen (secondary N) is 1. The molecule has 0 spiro atoms. The number of rotatable bonds is 3. The van der Waals surface area contributed by atoms with Crippen LogP contribution < -0.4 is 5.32 Å². The summed E-state index contributed by atoms with van der Waals surface area (Å²) < 4.78 is 0. The largest absolute Gasteiger partial charge is 0.348 e. The Bertz CT molecular complexity index is 1050. The molecule has 0 aromatic heterocycles. The van der Waals surface area contributed by atoms with Crippen LogP contribution in [0.25, 0.3) is 27.6 Å². The van der Waals surface area contributed by atoms with Crippen LogP contribution >= 0.6 is 0 Å². The number of hydrogen-bond acceptors (Lipinski definition) is 2. The van der Waals surface area contributed by atoms with Crippen LogP contribution in [0.3, 0.4) is 0 Å². The molecule has 0 bridgehead atoms. The van der Waals surface area contributed by atoms with Crippen molar-refractivity contribution in [2.24, 2.45) is 5.92 Å². The highest BCUT2D eigenvalue weighted by Crippen LogP contribution is 2.30. The Morgan fingerprint density at radius 2 is 1.64 bits per heavy atom. The highest BCUT2D eigenvalue weighted by atomic mass is 16.1. The summed E-state index contributed by atoms with van der Waals surface area (Å²) in [4.78, 5) is 12.9. The second-order valence-corrected chi connectivity index (χ2v) is 7.74. The summed E-state index contributed by atoms with van der Waals surface area (Å²) in [6.07, 6.45) is 6.23. The molecular weight excluding hydrogens is 344 g/mol. The van der Waals surface area contributed by atoms with Crippen LogP contribution in [-0.4, -0.2) is 11.9 Å². The van der Waals surface area contributed by atoms with Gasteiger partial charge in [0, 0.05) is 6.04 Å². The second kappa shape index (κ2) is 7.86. The van der Waals surface area contributed by atoms with Gasteiger partial charge in [-0.2, -0.15) is 5.26 Å². The van der Waals surface area contributed by atoms with Crippen molar-refractivity contribution in [1.29, 1.82) is 5.26 Å². The van der Waals surface area contributed by atoms with Gasteiger partial charge in [0.25, 0.3) is 5.91 Å². The smallest absolute Gasteiger partial charge is 0.262 e. The highest BCUT2D eigenvalue weighted by Gasteiger charge is 2.24. The quantitative estimate of drug-likeness (QED) is 0.372. The first-order valence-corrected chi connectivity index (χ1v) is 10.0. The SMILES string of the molecule is C[C@H]1CCCC[C@H]1NC(=O)/C(C#N)=C/c1c2ccccc2cc2ccccc12. The van der Waals surface area contributed by atoms with Gasteiger partial charge in [-0.1, -0.05) is 68.3 Å². The number of nitriles is 1. The van der Waals surface area contributed by atoms with Crippen molar-refractivity contribution in [3.8, 4) is 6.07 Å². The van der Waals surface area contributed by atoms with Crippen LogP contribution in [-0.2, 0) is 4.79 Å². The van der Waals surface area contributed by atoms with Gasteiger partial charge in [0.1, 0.15) is 11.6 Å². The summed E-state index contributed by atoms with van der Waals surface area (Å²) in [7, 11) is 0. The van der Waals surface area contributed by atoms with Gasteiger partial charge in [-0.3, -0.25) is 4.79 Å². The molecule has 1 N–H and O–H groups in total. The monoisotopic (exact) mass is 368 g/mol. The summed E-state index contributed by atoms with van der Waals surface area (Å²) in [6.45, 7) is 2.18. The first kappa shape index (κ1) is 18.3. The predicted octanol–water partition coefficient (Wildman–Crippen LogP) is 5.59. The molecule has 0 saturated heterocycles. The van der Waals surface area contributed by atoms with Crippen LogP contribution in [0, 0.1) is 17.2 Å². The number of benzene rings is 3. The molecule has 4 rings (SSSR count). The minimum absolute atomic E-state index is 0.155. The fraction of sp³-hybridized carbons (Fsp3) is 0.280. The second-order valence-electron chi connectivity index (χ2n) is 7.74. The third kappa shape index (κ3) is 3.51. The van der Waals surface area contributed by atoms with E-state index >= 15 is 0 Å². The normalized spacial score (nSPS) is 20.1. The van der Waals surface area contributed by atoms with E-state index in [9.17, 15) is 10.1 Å². The van der Waals surface area contributed by atoms with Gasteiger partial charge in [0.05, 0.1) is 0 Å². The summed E-state index contributed by atoms with van der Waals surface area (Å²) in [5, 5.41) is 17.1. The van der Waals surface area contributed by atoms with Gasteiger partial charge in [-0.25, -0.2) is 0 Å². The Labute approximate surface area is 165 Å². The Balaban J connectivity index is 1.78. The Hall–Kier alpha value is -3.12. The van der Waals surface area contributed by atoms with E-state index in [-0.39, 0.29) is 17.5 Å². The zero-order valence-electron chi connectivity index (χ0n) is 16.1. The van der Waals surface area contributed by atoms with E-state index in [2.05, 4.69) is 36.5 Å². The van der Waals surface area contributed by atoms with Gasteiger partial charge in [0.2, 0.25) is 0 Å². The number of amides is 1. The van der Waals surface area contributed by atoms with Gasteiger partial charge < -0.3 is 5.32 Å². The fourth-order valence-electron chi connectivity index (χ4n) is 4.27. The third-order valence-corrected chi connectivity index (χ3v) is 5.89. The molecule has 3 aromatic rings. The van der Waals surface area contributed by atoms with Gasteiger partial charge >= 0.3 is 0 Å². The highest BCUT2D eigenvalue weighted by molar-refractivity contribution is 6.11. The number of carbonyl (C=O) groups excluding carboxylic acids is 1. The Morgan fingerprint density at radius 1 is 1.04 bits per heavy atom. The van der Waals surface area contributed by atoms with Crippen molar-refractivity contribution in [1.82, 2.24) is 5.32 Å². The molecule has 3 nitrogen and oxygen atoms in total. The minimum atomic E-state index is -0.265. The summed E-state index contributed by atoms with van der Waals surface area (Å²) in [5.41, 5.74) is 1.09. The lowest BCUT2D eigenvalue weighted by Gasteiger charge is -2.29. The zero-order chi connectivity index (χ0) is 19.5. The van der Waals surface area contributed by atoms with Crippen LogP contribution in [0.5, 0.6) is 0 Å². The molecular formula is C25H24N2O. The lowest BCUT2D eigenvalue weighted by atomic mass is 9.86. The van der Waals surface area contributed by atoms with E-state index < -0.39 is 0 Å². The molecule has 1 aliphatic rings. The van der Waals surface area contributed by atoms with Crippen LogP contribution in [0.1, 0.15) is 38.2 Å². The van der Waals surface area contributed by atoms with E-state index in [1.54, 1.807) is 6.08 Å². The molecule has 0 aliphatic heterocycles. The molecule has 140 valence electrons. The van der Waals surface area contributed by atoms with E-state index in [0.717, 1.165) is 46.4 Å². The molecule has 2 atom stereocenters. The molecule has 1 saturated carbocycles. The summed E-state index contributed by atoms with van der Waals surface area (Å²) >= 11 is 0. The van der Waals surface area contributed by atoms with Crippen LogP contribution in [0.15, 0.2) is 60.2 Å². The molecule has 1 fully saturated rings. The number of fused-ring (bicyclic) bond motifs is 2. The van der Waals surface area contributed by atoms with E-state index in [1.807, 2.05) is 36.4 Å². The van der Waals surface area contributed by atoms with Crippen molar-refractivity contribution < 1.29 is 4.79 Å². The van der Waals surface area contributed by atoms with E-state index in [0.29, 0.717) is 5.92 Å².